The summed E-state index contributed by atoms with van der Waals surface area (Å²) in [4.78, 5) is 52.6. The van der Waals surface area contributed by atoms with Crippen LogP contribution < -0.4 is 0 Å². The van der Waals surface area contributed by atoms with Crippen LogP contribution in [-0.4, -0.2) is 33.8 Å². The van der Waals surface area contributed by atoms with E-state index in [1.165, 1.54) is 13.8 Å². The highest BCUT2D eigenvalue weighted by molar-refractivity contribution is 6.28. The van der Waals surface area contributed by atoms with E-state index in [0.717, 1.165) is 0 Å². The Kier molecular flexibility index (Phi) is 5.39. The van der Waals surface area contributed by atoms with Crippen molar-refractivity contribution in [3.63, 3.8) is 0 Å². The largest absolute Gasteiger partial charge is 0.386 e. The van der Waals surface area contributed by atoms with E-state index in [1.807, 2.05) is 6.92 Å². The molecule has 0 aliphatic heterocycles. The van der Waals surface area contributed by atoms with E-state index in [1.54, 1.807) is 48.5 Å². The number of hydrogen-bond acceptors (Lipinski definition) is 5. The van der Waals surface area contributed by atoms with Gasteiger partial charge in [0, 0.05) is 44.5 Å². The third kappa shape index (κ3) is 3.39. The average molecular weight is 428 g/mol. The average Bonchev–Trinajstić information content (AvgIpc) is 2.77. The Balaban J connectivity index is 1.78. The van der Waals surface area contributed by atoms with Crippen LogP contribution in [0.15, 0.2) is 70.8 Å². The molecule has 2 aromatic carbocycles. The summed E-state index contributed by atoms with van der Waals surface area (Å²) in [7, 11) is 0. The number of fused-ring (bicyclic) bond motifs is 2. The minimum absolute atomic E-state index is 0.0508. The van der Waals surface area contributed by atoms with E-state index in [2.05, 4.69) is 0 Å². The fourth-order valence-corrected chi connectivity index (χ4v) is 4.68. The number of hydrogen-bond donors (Lipinski definition) is 1. The van der Waals surface area contributed by atoms with Crippen molar-refractivity contribution in [3.05, 3.63) is 93.1 Å². The van der Waals surface area contributed by atoms with Gasteiger partial charge in [0.05, 0.1) is 5.60 Å². The molecule has 4 rings (SSSR count). The molecule has 0 bridgehead atoms. The van der Waals surface area contributed by atoms with Crippen LogP contribution in [0.2, 0.25) is 0 Å². The summed E-state index contributed by atoms with van der Waals surface area (Å²) in [5.74, 6) is -1.11. The van der Waals surface area contributed by atoms with E-state index in [-0.39, 0.29) is 52.7 Å². The summed E-state index contributed by atoms with van der Waals surface area (Å²) in [6.07, 6.45) is 0.609. The van der Waals surface area contributed by atoms with Crippen LogP contribution in [0.1, 0.15) is 81.5 Å². The Labute approximate surface area is 186 Å². The maximum absolute atomic E-state index is 13.3. The van der Waals surface area contributed by atoms with Gasteiger partial charge in [-0.2, -0.15) is 0 Å². The number of carbonyl (C=O) groups excluding carboxylic acids is 4. The van der Waals surface area contributed by atoms with Crippen LogP contribution in [-0.2, 0) is 0 Å². The molecule has 2 aliphatic carbocycles. The molecule has 0 unspecified atom stereocenters. The van der Waals surface area contributed by atoms with E-state index < -0.39 is 5.60 Å². The summed E-state index contributed by atoms with van der Waals surface area (Å²) in [6.45, 7) is 4.77. The number of benzene rings is 2. The second-order valence-electron chi connectivity index (χ2n) is 8.63. The summed E-state index contributed by atoms with van der Waals surface area (Å²) in [6, 6.07) is 13.3. The van der Waals surface area contributed by atoms with Crippen molar-refractivity contribution in [1.29, 1.82) is 0 Å². The van der Waals surface area contributed by atoms with Gasteiger partial charge in [-0.05, 0) is 33.1 Å². The zero-order chi connectivity index (χ0) is 23.2. The molecule has 162 valence electrons. The van der Waals surface area contributed by atoms with Gasteiger partial charge in [0.25, 0.3) is 0 Å². The molecule has 0 atom stereocenters. The lowest BCUT2D eigenvalue weighted by Gasteiger charge is -2.29. The first-order chi connectivity index (χ1) is 15.2. The van der Waals surface area contributed by atoms with Gasteiger partial charge in [0.2, 0.25) is 0 Å². The molecule has 2 aliphatic rings. The van der Waals surface area contributed by atoms with Crippen molar-refractivity contribution in [3.8, 4) is 0 Å². The molecule has 0 saturated heterocycles. The molecular formula is C27H24O5. The van der Waals surface area contributed by atoms with Crippen LogP contribution in [0.5, 0.6) is 0 Å². The number of Topliss-reactive ketones (excluding diaryl/α,β-unsaturated/α-hetero) is 4. The zero-order valence-corrected chi connectivity index (χ0v) is 18.3. The van der Waals surface area contributed by atoms with E-state index in [4.69, 9.17) is 0 Å². The molecule has 0 saturated carbocycles. The van der Waals surface area contributed by atoms with Crippen molar-refractivity contribution in [1.82, 2.24) is 0 Å². The van der Waals surface area contributed by atoms with Crippen molar-refractivity contribution < 1.29 is 24.3 Å². The van der Waals surface area contributed by atoms with Crippen molar-refractivity contribution in [2.45, 2.75) is 45.6 Å². The highest BCUT2D eigenvalue weighted by atomic mass is 16.3. The van der Waals surface area contributed by atoms with Crippen LogP contribution in [0.4, 0.5) is 0 Å². The number of ketones is 4. The lowest BCUT2D eigenvalue weighted by molar-refractivity contribution is 0.0823. The monoisotopic (exact) mass is 428 g/mol. The smallest absolute Gasteiger partial charge is 0.193 e. The summed E-state index contributed by atoms with van der Waals surface area (Å²) < 4.78 is 0. The lowest BCUT2D eigenvalue weighted by Crippen LogP contribution is -2.35. The first kappa shape index (κ1) is 21.8. The van der Waals surface area contributed by atoms with Gasteiger partial charge in [-0.15, -0.1) is 0 Å². The summed E-state index contributed by atoms with van der Waals surface area (Å²) in [5, 5.41) is 10.7. The van der Waals surface area contributed by atoms with Gasteiger partial charge in [0.15, 0.2) is 23.1 Å². The van der Waals surface area contributed by atoms with E-state index in [9.17, 15) is 24.3 Å². The molecule has 5 heteroatoms. The molecule has 2 aromatic rings. The fraction of sp³-hybridized carbons (Fsp3) is 0.259. The molecule has 0 heterocycles. The molecule has 0 fully saturated rings. The molecule has 32 heavy (non-hydrogen) atoms. The van der Waals surface area contributed by atoms with Crippen molar-refractivity contribution in [2.24, 2.45) is 0 Å². The van der Waals surface area contributed by atoms with Crippen LogP contribution in [0, 0.1) is 0 Å². The standard InChI is InChI=1S/C27H24O5/c1-4-15-20(24(29)17-10-6-5-9-16(17)23(15)28)13-14-21-22(27(2,3)32)26(31)19-12-8-7-11-18(19)25(21)30/h5-12,32H,4,13-14H2,1-3H3. The quantitative estimate of drug-likeness (QED) is 0.746. The lowest BCUT2D eigenvalue weighted by atomic mass is 9.75. The Morgan fingerprint density at radius 2 is 1.00 bits per heavy atom. The fourth-order valence-electron chi connectivity index (χ4n) is 4.68. The molecule has 1 N–H and O–H groups in total. The van der Waals surface area contributed by atoms with Gasteiger partial charge in [-0.25, -0.2) is 0 Å². The van der Waals surface area contributed by atoms with E-state index in [0.29, 0.717) is 34.3 Å². The Morgan fingerprint density at radius 3 is 1.44 bits per heavy atom. The predicted molar refractivity (Wildman–Crippen MR) is 120 cm³/mol. The second kappa shape index (κ2) is 7.92. The van der Waals surface area contributed by atoms with Crippen LogP contribution in [0.3, 0.4) is 0 Å². The van der Waals surface area contributed by atoms with Gasteiger partial charge in [-0.3, -0.25) is 19.2 Å². The molecular weight excluding hydrogens is 404 g/mol. The predicted octanol–water partition coefficient (Wildman–Crippen LogP) is 4.70. The van der Waals surface area contributed by atoms with E-state index >= 15 is 0 Å². The first-order valence-corrected chi connectivity index (χ1v) is 10.7. The Hall–Kier alpha value is -3.44. The highest BCUT2D eigenvalue weighted by Crippen LogP contribution is 2.37. The first-order valence-electron chi connectivity index (χ1n) is 10.7. The third-order valence-corrected chi connectivity index (χ3v) is 6.14. The van der Waals surface area contributed by atoms with Crippen LogP contribution >= 0.6 is 0 Å². The minimum atomic E-state index is -1.53. The number of rotatable bonds is 5. The van der Waals surface area contributed by atoms with Gasteiger partial charge >= 0.3 is 0 Å². The topological polar surface area (TPSA) is 88.5 Å². The van der Waals surface area contributed by atoms with Crippen LogP contribution in [0.25, 0.3) is 0 Å². The van der Waals surface area contributed by atoms with Gasteiger partial charge in [-0.1, -0.05) is 55.5 Å². The molecule has 0 aromatic heterocycles. The molecule has 0 spiro atoms. The minimum Gasteiger partial charge on any atom is -0.386 e. The maximum Gasteiger partial charge on any atom is 0.193 e. The molecule has 5 nitrogen and oxygen atoms in total. The van der Waals surface area contributed by atoms with Crippen molar-refractivity contribution >= 4 is 23.1 Å². The maximum atomic E-state index is 13.3. The number of aliphatic hydroxyl groups is 1. The summed E-state index contributed by atoms with van der Waals surface area (Å²) in [5.41, 5.74) is 0.845. The number of allylic oxidation sites excluding steroid dienone is 3. The normalized spacial score (nSPS) is 16.5. The SMILES string of the molecule is CCC1=C(CCC2=C(C(C)(C)O)C(=O)c3ccccc3C2=O)C(=O)c2ccccc2C1=O. The number of carbonyl (C=O) groups is 4. The Bertz CT molecular complexity index is 1250. The highest BCUT2D eigenvalue weighted by Gasteiger charge is 2.39. The Morgan fingerprint density at radius 1 is 0.625 bits per heavy atom. The second-order valence-corrected chi connectivity index (χ2v) is 8.63. The molecule has 0 amide bonds. The third-order valence-electron chi connectivity index (χ3n) is 6.14. The molecule has 0 radical (unpaired) electrons. The summed E-state index contributed by atoms with van der Waals surface area (Å²) >= 11 is 0. The van der Waals surface area contributed by atoms with Crippen molar-refractivity contribution in [2.75, 3.05) is 0 Å². The zero-order valence-electron chi connectivity index (χ0n) is 18.3. The van der Waals surface area contributed by atoms with Gasteiger partial charge in [0.1, 0.15) is 0 Å². The van der Waals surface area contributed by atoms with Gasteiger partial charge < -0.3 is 5.11 Å².